The lowest BCUT2D eigenvalue weighted by Gasteiger charge is -2.05. The number of rotatable bonds is 5. The van der Waals surface area contributed by atoms with Crippen LogP contribution in [0.1, 0.15) is 17.3 Å². The van der Waals surface area contributed by atoms with Crippen LogP contribution >= 0.6 is 11.8 Å². The minimum Gasteiger partial charge on any atom is -0.411 e. The normalized spacial score (nSPS) is 10.5. The van der Waals surface area contributed by atoms with Gasteiger partial charge in [0.2, 0.25) is 5.89 Å². The predicted molar refractivity (Wildman–Crippen MR) is 88.3 cm³/mol. The fraction of sp³-hybridized carbons (Fsp3) is 0.125. The van der Waals surface area contributed by atoms with Crippen LogP contribution in [-0.2, 0) is 0 Å². The van der Waals surface area contributed by atoms with E-state index in [1.807, 2.05) is 19.1 Å². The molecule has 3 aromatic rings. The first kappa shape index (κ1) is 15.2. The fourth-order valence-electron chi connectivity index (χ4n) is 1.90. The van der Waals surface area contributed by atoms with E-state index in [2.05, 4.69) is 20.5 Å². The number of pyridine rings is 1. The van der Waals surface area contributed by atoms with E-state index in [4.69, 9.17) is 4.42 Å². The monoisotopic (exact) mass is 326 g/mol. The SMILES string of the molecule is CCSc1nnc(-c2ccc(NC(=O)c3cccnc3)cc2)o1. The Bertz CT molecular complexity index is 787. The van der Waals surface area contributed by atoms with Crippen LogP contribution < -0.4 is 5.32 Å². The number of thioether (sulfide) groups is 1. The van der Waals surface area contributed by atoms with Gasteiger partial charge in [0.25, 0.3) is 11.1 Å². The maximum Gasteiger partial charge on any atom is 0.276 e. The van der Waals surface area contributed by atoms with Crippen LogP contribution in [0.4, 0.5) is 5.69 Å². The number of nitrogens with one attached hydrogen (secondary N) is 1. The van der Waals surface area contributed by atoms with Gasteiger partial charge in [-0.3, -0.25) is 9.78 Å². The van der Waals surface area contributed by atoms with Crippen molar-refractivity contribution in [3.63, 3.8) is 0 Å². The van der Waals surface area contributed by atoms with Crippen LogP contribution in [0.25, 0.3) is 11.5 Å². The number of aromatic nitrogens is 3. The van der Waals surface area contributed by atoms with Crippen molar-refractivity contribution in [3.8, 4) is 11.5 Å². The number of nitrogens with zero attached hydrogens (tertiary/aromatic N) is 3. The summed E-state index contributed by atoms with van der Waals surface area (Å²) in [6.07, 6.45) is 3.15. The molecule has 0 aliphatic heterocycles. The van der Waals surface area contributed by atoms with Crippen molar-refractivity contribution in [1.29, 1.82) is 0 Å². The molecule has 3 rings (SSSR count). The summed E-state index contributed by atoms with van der Waals surface area (Å²) < 4.78 is 5.55. The number of amides is 1. The third kappa shape index (κ3) is 3.75. The van der Waals surface area contributed by atoms with Crippen LogP contribution in [0.15, 0.2) is 58.4 Å². The lowest BCUT2D eigenvalue weighted by molar-refractivity contribution is 0.102. The maximum absolute atomic E-state index is 12.0. The molecule has 0 aliphatic carbocycles. The van der Waals surface area contributed by atoms with E-state index in [1.54, 1.807) is 30.5 Å². The first-order chi connectivity index (χ1) is 11.3. The largest absolute Gasteiger partial charge is 0.411 e. The molecule has 1 aromatic carbocycles. The second kappa shape index (κ2) is 7.06. The lowest BCUT2D eigenvalue weighted by Crippen LogP contribution is -2.11. The molecule has 7 heteroatoms. The molecule has 6 nitrogen and oxygen atoms in total. The second-order valence-electron chi connectivity index (χ2n) is 4.58. The maximum atomic E-state index is 12.0. The van der Waals surface area contributed by atoms with Crippen molar-refractivity contribution in [3.05, 3.63) is 54.4 Å². The van der Waals surface area contributed by atoms with Gasteiger partial charge in [-0.25, -0.2) is 0 Å². The van der Waals surface area contributed by atoms with Crippen molar-refractivity contribution >= 4 is 23.4 Å². The van der Waals surface area contributed by atoms with Crippen molar-refractivity contribution in [2.75, 3.05) is 11.1 Å². The minimum absolute atomic E-state index is 0.203. The van der Waals surface area contributed by atoms with Crippen LogP contribution in [0.5, 0.6) is 0 Å². The number of carbonyl (C=O) groups is 1. The minimum atomic E-state index is -0.203. The van der Waals surface area contributed by atoms with Crippen molar-refractivity contribution in [2.45, 2.75) is 12.1 Å². The molecule has 2 heterocycles. The van der Waals surface area contributed by atoms with Gasteiger partial charge in [0, 0.05) is 23.6 Å². The summed E-state index contributed by atoms with van der Waals surface area (Å²) in [5.41, 5.74) is 2.00. The fourth-order valence-corrected chi connectivity index (χ4v) is 2.39. The van der Waals surface area contributed by atoms with E-state index in [-0.39, 0.29) is 5.91 Å². The van der Waals surface area contributed by atoms with E-state index in [1.165, 1.54) is 18.0 Å². The van der Waals surface area contributed by atoms with Crippen molar-refractivity contribution in [2.24, 2.45) is 0 Å². The second-order valence-corrected chi connectivity index (χ2v) is 5.79. The highest BCUT2D eigenvalue weighted by atomic mass is 32.2. The molecule has 0 fully saturated rings. The Kier molecular flexibility index (Phi) is 4.68. The molecule has 0 spiro atoms. The van der Waals surface area contributed by atoms with E-state index < -0.39 is 0 Å². The standard InChI is InChI=1S/C16H14N4O2S/c1-2-23-16-20-19-15(22-16)11-5-7-13(8-6-11)18-14(21)12-4-3-9-17-10-12/h3-10H,2H2,1H3,(H,18,21). The molecule has 23 heavy (non-hydrogen) atoms. The quantitative estimate of drug-likeness (QED) is 0.723. The van der Waals surface area contributed by atoms with Gasteiger partial charge in [-0.05, 0) is 42.2 Å². The topological polar surface area (TPSA) is 80.9 Å². The summed E-state index contributed by atoms with van der Waals surface area (Å²) in [5.74, 6) is 1.14. The molecular weight excluding hydrogens is 312 g/mol. The molecule has 0 saturated carbocycles. The zero-order valence-corrected chi connectivity index (χ0v) is 13.2. The molecule has 0 saturated heterocycles. The number of carbonyl (C=O) groups excluding carboxylic acids is 1. The molecule has 0 aliphatic rings. The Hall–Kier alpha value is -2.67. The number of hydrogen-bond acceptors (Lipinski definition) is 6. The van der Waals surface area contributed by atoms with Gasteiger partial charge in [0.1, 0.15) is 0 Å². The van der Waals surface area contributed by atoms with Gasteiger partial charge < -0.3 is 9.73 Å². The summed E-state index contributed by atoms with van der Waals surface area (Å²) in [4.78, 5) is 16.0. The summed E-state index contributed by atoms with van der Waals surface area (Å²) in [6.45, 7) is 2.02. The van der Waals surface area contributed by atoms with Gasteiger partial charge in [0.15, 0.2) is 0 Å². The summed E-state index contributed by atoms with van der Waals surface area (Å²) in [6, 6.07) is 10.7. The molecule has 116 valence electrons. The average molecular weight is 326 g/mol. The van der Waals surface area contributed by atoms with Crippen molar-refractivity contribution < 1.29 is 9.21 Å². The van der Waals surface area contributed by atoms with Crippen LogP contribution in [0.3, 0.4) is 0 Å². The van der Waals surface area contributed by atoms with E-state index in [9.17, 15) is 4.79 Å². The molecule has 0 atom stereocenters. The Morgan fingerprint density at radius 3 is 2.74 bits per heavy atom. The van der Waals surface area contributed by atoms with Gasteiger partial charge in [-0.2, -0.15) is 0 Å². The zero-order chi connectivity index (χ0) is 16.1. The number of benzene rings is 1. The van der Waals surface area contributed by atoms with Crippen molar-refractivity contribution in [1.82, 2.24) is 15.2 Å². The Morgan fingerprint density at radius 2 is 2.04 bits per heavy atom. The van der Waals surface area contributed by atoms with Gasteiger partial charge in [0.05, 0.1) is 5.56 Å². The Morgan fingerprint density at radius 1 is 1.22 bits per heavy atom. The zero-order valence-electron chi connectivity index (χ0n) is 12.4. The molecule has 0 unspecified atom stereocenters. The highest BCUT2D eigenvalue weighted by molar-refractivity contribution is 7.99. The Labute approximate surface area is 137 Å². The summed E-state index contributed by atoms with van der Waals surface area (Å²) in [7, 11) is 0. The van der Waals surface area contributed by atoms with Crippen LogP contribution in [0.2, 0.25) is 0 Å². The predicted octanol–water partition coefficient (Wildman–Crippen LogP) is 3.50. The van der Waals surface area contributed by atoms with Crippen LogP contribution in [0, 0.1) is 0 Å². The summed E-state index contributed by atoms with van der Waals surface area (Å²) >= 11 is 1.50. The first-order valence-corrected chi connectivity index (χ1v) is 8.03. The van der Waals surface area contributed by atoms with Gasteiger partial charge >= 0.3 is 0 Å². The molecular formula is C16H14N4O2S. The molecule has 1 N–H and O–H groups in total. The molecule has 0 bridgehead atoms. The van der Waals surface area contributed by atoms with Crippen LogP contribution in [-0.4, -0.2) is 26.8 Å². The third-order valence-corrected chi connectivity index (χ3v) is 3.69. The number of anilines is 1. The average Bonchev–Trinajstić information content (AvgIpc) is 3.05. The molecule has 2 aromatic heterocycles. The molecule has 1 amide bonds. The third-order valence-electron chi connectivity index (χ3n) is 2.99. The highest BCUT2D eigenvalue weighted by Crippen LogP contribution is 2.24. The van der Waals surface area contributed by atoms with Gasteiger partial charge in [-0.15, -0.1) is 10.2 Å². The Balaban J connectivity index is 1.70. The molecule has 0 radical (unpaired) electrons. The van der Waals surface area contributed by atoms with E-state index in [0.717, 1.165) is 11.3 Å². The summed E-state index contributed by atoms with van der Waals surface area (Å²) in [5, 5.41) is 11.3. The first-order valence-electron chi connectivity index (χ1n) is 7.04. The highest BCUT2D eigenvalue weighted by Gasteiger charge is 2.09. The number of hydrogen-bond donors (Lipinski definition) is 1. The lowest BCUT2D eigenvalue weighted by atomic mass is 10.2. The van der Waals surface area contributed by atoms with E-state index in [0.29, 0.717) is 22.4 Å². The smallest absolute Gasteiger partial charge is 0.276 e. The van der Waals surface area contributed by atoms with E-state index >= 15 is 0 Å². The van der Waals surface area contributed by atoms with Gasteiger partial charge in [-0.1, -0.05) is 18.7 Å².